The maximum absolute atomic E-state index is 6.05. The van der Waals surface area contributed by atoms with Gasteiger partial charge in [0.25, 0.3) is 3.79 Å². The second-order valence-electron chi connectivity index (χ2n) is 6.72. The Morgan fingerprint density at radius 1 is 1.39 bits per heavy atom. The van der Waals surface area contributed by atoms with E-state index < -0.39 is 15.1 Å². The Hall–Kier alpha value is -0.260. The molecule has 0 aromatic carbocycles. The average Bonchev–Trinajstić information content (AvgIpc) is 2.81. The molecule has 7 heteroatoms. The molecule has 2 aliphatic heterocycles. The van der Waals surface area contributed by atoms with Crippen LogP contribution in [0.5, 0.6) is 0 Å². The minimum atomic E-state index is -1.71. The van der Waals surface area contributed by atoms with Crippen LogP contribution in [0, 0.1) is 5.92 Å². The fourth-order valence-corrected chi connectivity index (χ4v) is 3.71. The fraction of sp³-hybridized carbons (Fsp3) is 0.688. The van der Waals surface area contributed by atoms with Crippen molar-refractivity contribution < 1.29 is 14.2 Å². The number of nitrogens with zero attached hydrogens (tertiary/aromatic N) is 1. The molecular formula is C16H20Cl3NO3. The molecule has 3 rings (SSSR count). The van der Waals surface area contributed by atoms with E-state index in [-0.39, 0.29) is 24.0 Å². The van der Waals surface area contributed by atoms with Crippen molar-refractivity contribution in [1.82, 2.24) is 0 Å². The Balaban J connectivity index is 2.02. The van der Waals surface area contributed by atoms with Gasteiger partial charge in [0.15, 0.2) is 5.79 Å². The van der Waals surface area contributed by atoms with Crippen molar-refractivity contribution in [2.45, 2.75) is 54.5 Å². The van der Waals surface area contributed by atoms with Gasteiger partial charge in [0, 0.05) is 12.3 Å². The van der Waals surface area contributed by atoms with E-state index in [0.717, 1.165) is 5.57 Å². The van der Waals surface area contributed by atoms with E-state index in [4.69, 9.17) is 49.0 Å². The molecule has 1 aliphatic carbocycles. The zero-order valence-corrected chi connectivity index (χ0v) is 15.6. The lowest BCUT2D eigenvalue weighted by Crippen LogP contribution is -2.53. The van der Waals surface area contributed by atoms with Crippen molar-refractivity contribution in [2.75, 3.05) is 6.61 Å². The van der Waals surface area contributed by atoms with Gasteiger partial charge in [-0.2, -0.15) is 0 Å². The summed E-state index contributed by atoms with van der Waals surface area (Å²) in [6, 6.07) is 0. The maximum atomic E-state index is 6.05. The lowest BCUT2D eigenvalue weighted by Gasteiger charge is -2.46. The van der Waals surface area contributed by atoms with Gasteiger partial charge in [-0.25, -0.2) is 4.99 Å². The van der Waals surface area contributed by atoms with Crippen LogP contribution in [0.25, 0.3) is 0 Å². The molecule has 4 atom stereocenters. The van der Waals surface area contributed by atoms with Gasteiger partial charge in [-0.15, -0.1) is 6.58 Å². The first-order chi connectivity index (χ1) is 10.6. The highest BCUT2D eigenvalue weighted by Crippen LogP contribution is 2.47. The number of alkyl halides is 3. The molecule has 0 amide bonds. The number of halogens is 3. The number of hydrogen-bond donors (Lipinski definition) is 0. The summed E-state index contributed by atoms with van der Waals surface area (Å²) in [4.78, 5) is 4.63. The zero-order chi connectivity index (χ0) is 17.0. The zero-order valence-electron chi connectivity index (χ0n) is 13.3. The third kappa shape index (κ3) is 3.16. The van der Waals surface area contributed by atoms with Gasteiger partial charge < -0.3 is 14.2 Å². The van der Waals surface area contributed by atoms with E-state index in [1.54, 1.807) is 6.08 Å². The number of rotatable bonds is 2. The molecule has 1 saturated heterocycles. The second kappa shape index (κ2) is 5.63. The highest BCUT2D eigenvalue weighted by Gasteiger charge is 2.53. The van der Waals surface area contributed by atoms with Crippen molar-refractivity contribution in [1.29, 1.82) is 0 Å². The molecule has 0 aromatic heterocycles. The quantitative estimate of drug-likeness (QED) is 0.532. The van der Waals surface area contributed by atoms with Gasteiger partial charge in [-0.3, -0.25) is 0 Å². The summed E-state index contributed by atoms with van der Waals surface area (Å²) in [6.07, 6.45) is 4.26. The molecule has 0 N–H and O–H groups in total. The largest absolute Gasteiger partial charge is 0.470 e. The molecule has 128 valence electrons. The predicted octanol–water partition coefficient (Wildman–Crippen LogP) is 4.20. The van der Waals surface area contributed by atoms with Gasteiger partial charge in [0.05, 0.1) is 18.2 Å². The fourth-order valence-electron chi connectivity index (χ4n) is 3.45. The standard InChI is InChI=1S/C16H20Cl3NO3/c1-5-15-7-11(22-13(20-15)16(17,18)19)9(2)6-10(15)12-8-21-14(3,4)23-12/h5-6,10-12H,1,7-8H2,2-4H3/t10-,11+,12-,15-/m1/s1. The number of aliphatic imine (C=N–C) groups is 1. The monoisotopic (exact) mass is 379 g/mol. The Labute approximate surface area is 151 Å². The Morgan fingerprint density at radius 3 is 2.61 bits per heavy atom. The Morgan fingerprint density at radius 2 is 2.09 bits per heavy atom. The van der Waals surface area contributed by atoms with Gasteiger partial charge in [0.1, 0.15) is 6.10 Å². The minimum absolute atomic E-state index is 0.0516. The van der Waals surface area contributed by atoms with Crippen LogP contribution in [0.3, 0.4) is 0 Å². The summed E-state index contributed by atoms with van der Waals surface area (Å²) in [5.41, 5.74) is 0.443. The first-order valence-electron chi connectivity index (χ1n) is 7.54. The topological polar surface area (TPSA) is 40.0 Å². The molecule has 4 nitrogen and oxygen atoms in total. The molecule has 0 radical (unpaired) electrons. The highest BCUT2D eigenvalue weighted by molar-refractivity contribution is 6.76. The van der Waals surface area contributed by atoms with Crippen molar-refractivity contribution in [3.8, 4) is 0 Å². The van der Waals surface area contributed by atoms with Crippen LogP contribution in [0.1, 0.15) is 27.2 Å². The minimum Gasteiger partial charge on any atom is -0.470 e. The number of ether oxygens (including phenoxy) is 3. The summed E-state index contributed by atoms with van der Waals surface area (Å²) >= 11 is 18.0. The molecule has 1 fully saturated rings. The van der Waals surface area contributed by atoms with Gasteiger partial charge in [-0.05, 0) is 26.3 Å². The molecule has 0 unspecified atom stereocenters. The van der Waals surface area contributed by atoms with E-state index >= 15 is 0 Å². The van der Waals surface area contributed by atoms with Gasteiger partial charge in [-0.1, -0.05) is 47.0 Å². The molecule has 2 heterocycles. The van der Waals surface area contributed by atoms with Crippen LogP contribution < -0.4 is 0 Å². The lowest BCUT2D eigenvalue weighted by molar-refractivity contribution is -0.145. The van der Waals surface area contributed by atoms with E-state index in [1.165, 1.54) is 0 Å². The van der Waals surface area contributed by atoms with Gasteiger partial charge >= 0.3 is 0 Å². The SMILES string of the molecule is C=C[C@]12C[C@H](OC(C(Cl)(Cl)Cl)=N1)C(C)=C[C@@H]2[C@H]1COC(C)(C)O1. The van der Waals surface area contributed by atoms with Crippen LogP contribution in [-0.2, 0) is 14.2 Å². The second-order valence-corrected chi connectivity index (χ2v) is 9.01. The predicted molar refractivity (Wildman–Crippen MR) is 92.3 cm³/mol. The summed E-state index contributed by atoms with van der Waals surface area (Å²) in [5.74, 6) is -0.558. The van der Waals surface area contributed by atoms with Crippen LogP contribution in [0.15, 0.2) is 29.3 Å². The van der Waals surface area contributed by atoms with Crippen LogP contribution >= 0.6 is 34.8 Å². The summed E-state index contributed by atoms with van der Waals surface area (Å²) in [6.45, 7) is 10.3. The molecule has 0 saturated carbocycles. The smallest absolute Gasteiger partial charge is 0.266 e. The first-order valence-corrected chi connectivity index (χ1v) is 8.67. The average molecular weight is 381 g/mol. The van der Waals surface area contributed by atoms with Crippen molar-refractivity contribution in [3.63, 3.8) is 0 Å². The lowest BCUT2D eigenvalue weighted by atomic mass is 9.70. The van der Waals surface area contributed by atoms with E-state index in [2.05, 4.69) is 17.6 Å². The third-order valence-corrected chi connectivity index (χ3v) is 5.12. The van der Waals surface area contributed by atoms with E-state index in [9.17, 15) is 0 Å². The number of fused-ring (bicyclic) bond motifs is 2. The van der Waals surface area contributed by atoms with Crippen LogP contribution in [-0.4, -0.2) is 39.8 Å². The molecule has 3 aliphatic rings. The highest BCUT2D eigenvalue weighted by atomic mass is 35.6. The molecule has 2 bridgehead atoms. The van der Waals surface area contributed by atoms with E-state index in [1.807, 2.05) is 20.8 Å². The summed E-state index contributed by atoms with van der Waals surface area (Å²) in [5, 5.41) is 0. The number of hydrogen-bond acceptors (Lipinski definition) is 4. The maximum Gasteiger partial charge on any atom is 0.266 e. The van der Waals surface area contributed by atoms with Crippen LogP contribution in [0.4, 0.5) is 0 Å². The summed E-state index contributed by atoms with van der Waals surface area (Å²) in [7, 11) is 0. The van der Waals surface area contributed by atoms with E-state index in [0.29, 0.717) is 13.0 Å². The first kappa shape index (κ1) is 17.6. The Bertz CT molecular complexity index is 582. The van der Waals surface area contributed by atoms with Gasteiger partial charge in [0.2, 0.25) is 5.90 Å². The molecule has 0 spiro atoms. The third-order valence-electron chi connectivity index (χ3n) is 4.63. The normalized spacial score (nSPS) is 39.3. The van der Waals surface area contributed by atoms with Crippen molar-refractivity contribution in [2.24, 2.45) is 10.9 Å². The van der Waals surface area contributed by atoms with Crippen molar-refractivity contribution in [3.05, 3.63) is 24.3 Å². The Kier molecular flexibility index (Phi) is 4.30. The van der Waals surface area contributed by atoms with Crippen molar-refractivity contribution >= 4 is 40.7 Å². The van der Waals surface area contributed by atoms with Crippen LogP contribution in [0.2, 0.25) is 0 Å². The molecule has 23 heavy (non-hydrogen) atoms. The summed E-state index contributed by atoms with van der Waals surface area (Å²) < 4.78 is 15.8. The molecular weight excluding hydrogens is 361 g/mol. The molecule has 0 aromatic rings.